The molecule has 0 aliphatic heterocycles. The molecule has 17 heavy (non-hydrogen) atoms. The number of benzene rings is 1. The van der Waals surface area contributed by atoms with E-state index in [0.29, 0.717) is 0 Å². The minimum Gasteiger partial charge on any atom is -0.433 e. The highest BCUT2D eigenvalue weighted by Gasteiger charge is 2.18. The molecule has 0 aliphatic carbocycles. The van der Waals surface area contributed by atoms with E-state index >= 15 is 0 Å². The normalized spacial score (nSPS) is 11.3. The number of nitrogens with zero attached hydrogens (tertiary/aromatic N) is 1. The Balaban J connectivity index is 3.46. The fourth-order valence-corrected chi connectivity index (χ4v) is 2.03. The average molecular weight is 282 g/mol. The van der Waals surface area contributed by atoms with E-state index in [1.165, 1.54) is 6.92 Å². The number of alkyl halides is 2. The molecule has 0 unspecified atom stereocenters. The lowest BCUT2D eigenvalue weighted by atomic mass is 10.1. The molecule has 0 saturated carbocycles. The number of ether oxygens (including phenoxy) is 1. The molecule has 0 spiro atoms. The number of hydrogen-bond donors (Lipinski definition) is 0. The second kappa shape index (κ2) is 4.85. The summed E-state index contributed by atoms with van der Waals surface area (Å²) in [6, 6.07) is 3.55. The molecule has 0 aromatic heterocycles. The van der Waals surface area contributed by atoms with Crippen molar-refractivity contribution in [3.8, 4) is 11.8 Å². The predicted molar refractivity (Wildman–Crippen MR) is 55.6 cm³/mol. The van der Waals surface area contributed by atoms with E-state index < -0.39 is 26.3 Å². The number of rotatable bonds is 3. The first-order valence-corrected chi connectivity index (χ1v) is 6.51. The maximum Gasteiger partial charge on any atom is 0.387 e. The molecule has 0 heterocycles. The summed E-state index contributed by atoms with van der Waals surface area (Å²) in [6.07, 6.45) is 0. The molecule has 4 nitrogen and oxygen atoms in total. The molecule has 0 saturated heterocycles. The SMILES string of the molecule is Cc1cc(S(=O)(=O)Cl)cc(OC(F)F)c1C#N. The zero-order valence-corrected chi connectivity index (χ0v) is 10.0. The molecule has 1 rings (SSSR count). The summed E-state index contributed by atoms with van der Waals surface area (Å²) < 4.78 is 50.4. The van der Waals surface area contributed by atoms with Gasteiger partial charge in [-0.3, -0.25) is 0 Å². The van der Waals surface area contributed by atoms with Crippen molar-refractivity contribution >= 4 is 19.7 Å². The second-order valence-corrected chi connectivity index (χ2v) is 5.61. The van der Waals surface area contributed by atoms with Crippen molar-refractivity contribution in [2.45, 2.75) is 18.4 Å². The zero-order chi connectivity index (χ0) is 13.2. The predicted octanol–water partition coefficient (Wildman–Crippen LogP) is 2.40. The van der Waals surface area contributed by atoms with E-state index in [1.807, 2.05) is 0 Å². The second-order valence-electron chi connectivity index (χ2n) is 3.04. The van der Waals surface area contributed by atoms with Gasteiger partial charge in [0, 0.05) is 16.7 Å². The van der Waals surface area contributed by atoms with Crippen LogP contribution >= 0.6 is 10.7 Å². The quantitative estimate of drug-likeness (QED) is 0.798. The van der Waals surface area contributed by atoms with Gasteiger partial charge in [0.2, 0.25) is 0 Å². The maximum atomic E-state index is 12.1. The Kier molecular flexibility index (Phi) is 3.91. The largest absolute Gasteiger partial charge is 0.433 e. The van der Waals surface area contributed by atoms with Gasteiger partial charge < -0.3 is 4.74 Å². The van der Waals surface area contributed by atoms with Crippen molar-refractivity contribution in [1.82, 2.24) is 0 Å². The monoisotopic (exact) mass is 281 g/mol. The fourth-order valence-electron chi connectivity index (χ4n) is 1.20. The van der Waals surface area contributed by atoms with Crippen molar-refractivity contribution < 1.29 is 21.9 Å². The molecule has 0 amide bonds. The molecule has 0 radical (unpaired) electrons. The summed E-state index contributed by atoms with van der Waals surface area (Å²) in [7, 11) is 1.01. The lowest BCUT2D eigenvalue weighted by Crippen LogP contribution is -2.06. The Labute approximate surface area is 101 Å². The van der Waals surface area contributed by atoms with Gasteiger partial charge in [-0.25, -0.2) is 8.42 Å². The molecule has 0 atom stereocenters. The molecule has 0 fully saturated rings. The van der Waals surface area contributed by atoms with E-state index in [0.717, 1.165) is 12.1 Å². The minimum absolute atomic E-state index is 0.158. The van der Waals surface area contributed by atoms with E-state index in [-0.39, 0.29) is 11.1 Å². The molecular formula is C9H6ClF2NO3S. The highest BCUT2D eigenvalue weighted by Crippen LogP contribution is 2.29. The maximum absolute atomic E-state index is 12.1. The van der Waals surface area contributed by atoms with Crippen LogP contribution in [0.15, 0.2) is 17.0 Å². The molecule has 1 aromatic rings. The van der Waals surface area contributed by atoms with E-state index in [4.69, 9.17) is 15.9 Å². The number of halogens is 3. The van der Waals surface area contributed by atoms with Crippen LogP contribution in [-0.2, 0) is 9.05 Å². The Morgan fingerprint density at radius 3 is 2.47 bits per heavy atom. The molecular weight excluding hydrogens is 276 g/mol. The van der Waals surface area contributed by atoms with Gasteiger partial charge in [-0.05, 0) is 18.6 Å². The average Bonchev–Trinajstić information content (AvgIpc) is 2.14. The Morgan fingerprint density at radius 2 is 2.06 bits per heavy atom. The lowest BCUT2D eigenvalue weighted by Gasteiger charge is -2.09. The van der Waals surface area contributed by atoms with Crippen LogP contribution in [0.4, 0.5) is 8.78 Å². The van der Waals surface area contributed by atoms with Gasteiger partial charge in [0.15, 0.2) is 0 Å². The first-order valence-electron chi connectivity index (χ1n) is 4.20. The smallest absolute Gasteiger partial charge is 0.387 e. The molecule has 0 bridgehead atoms. The van der Waals surface area contributed by atoms with Gasteiger partial charge in [0.25, 0.3) is 9.05 Å². The fraction of sp³-hybridized carbons (Fsp3) is 0.222. The number of nitriles is 1. The molecule has 0 aliphatic rings. The third-order valence-corrected chi connectivity index (χ3v) is 3.22. The van der Waals surface area contributed by atoms with Crippen LogP contribution in [0.5, 0.6) is 5.75 Å². The third-order valence-electron chi connectivity index (χ3n) is 1.88. The van der Waals surface area contributed by atoms with Crippen molar-refractivity contribution in [2.24, 2.45) is 0 Å². The van der Waals surface area contributed by atoms with E-state index in [9.17, 15) is 17.2 Å². The van der Waals surface area contributed by atoms with Crippen molar-refractivity contribution in [3.63, 3.8) is 0 Å². The van der Waals surface area contributed by atoms with Crippen molar-refractivity contribution in [1.29, 1.82) is 5.26 Å². The van der Waals surface area contributed by atoms with Crippen LogP contribution in [0.25, 0.3) is 0 Å². The number of hydrogen-bond acceptors (Lipinski definition) is 4. The van der Waals surface area contributed by atoms with E-state index in [1.54, 1.807) is 6.07 Å². The molecule has 8 heteroatoms. The van der Waals surface area contributed by atoms with Gasteiger partial charge in [0.1, 0.15) is 11.8 Å². The third kappa shape index (κ3) is 3.28. The van der Waals surface area contributed by atoms with Crippen LogP contribution in [0, 0.1) is 18.3 Å². The zero-order valence-electron chi connectivity index (χ0n) is 8.45. The Morgan fingerprint density at radius 1 is 1.47 bits per heavy atom. The van der Waals surface area contributed by atoms with Crippen molar-refractivity contribution in [3.05, 3.63) is 23.3 Å². The Hall–Kier alpha value is -1.39. The van der Waals surface area contributed by atoms with Gasteiger partial charge in [-0.1, -0.05) is 0 Å². The van der Waals surface area contributed by atoms with Crippen LogP contribution in [0.2, 0.25) is 0 Å². The summed E-state index contributed by atoms with van der Waals surface area (Å²) in [5.74, 6) is -0.512. The first kappa shape index (κ1) is 13.7. The van der Waals surface area contributed by atoms with Crippen LogP contribution in [0.3, 0.4) is 0 Å². The first-order chi connectivity index (χ1) is 7.75. The highest BCUT2D eigenvalue weighted by molar-refractivity contribution is 8.13. The minimum atomic E-state index is -4.07. The standard InChI is InChI=1S/C9H6ClF2NO3S/c1-5-2-6(17(10,14)15)3-8(7(5)4-13)16-9(11)12/h2-3,9H,1H3. The summed E-state index contributed by atoms with van der Waals surface area (Å²) in [5, 5.41) is 8.75. The van der Waals surface area contributed by atoms with Gasteiger partial charge in [-0.15, -0.1) is 0 Å². The summed E-state index contributed by atoms with van der Waals surface area (Å²) >= 11 is 0. The Bertz CT molecular complexity index is 581. The highest BCUT2D eigenvalue weighted by atomic mass is 35.7. The topological polar surface area (TPSA) is 67.2 Å². The summed E-state index contributed by atoms with van der Waals surface area (Å²) in [5.41, 5.74) is 0.0271. The van der Waals surface area contributed by atoms with Crippen molar-refractivity contribution in [2.75, 3.05) is 0 Å². The molecule has 1 aromatic carbocycles. The van der Waals surface area contributed by atoms with Crippen LogP contribution in [0.1, 0.15) is 11.1 Å². The van der Waals surface area contributed by atoms with Gasteiger partial charge >= 0.3 is 6.61 Å². The van der Waals surface area contributed by atoms with Gasteiger partial charge in [0.05, 0.1) is 10.5 Å². The van der Waals surface area contributed by atoms with Crippen LogP contribution in [-0.4, -0.2) is 15.0 Å². The number of aryl methyl sites for hydroxylation is 1. The molecule has 0 N–H and O–H groups in total. The summed E-state index contributed by atoms with van der Waals surface area (Å²) in [6.45, 7) is -1.77. The van der Waals surface area contributed by atoms with Crippen LogP contribution < -0.4 is 4.74 Å². The summed E-state index contributed by atoms with van der Waals surface area (Å²) in [4.78, 5) is -0.397. The lowest BCUT2D eigenvalue weighted by molar-refractivity contribution is -0.0502. The van der Waals surface area contributed by atoms with E-state index in [2.05, 4.69) is 4.74 Å². The molecule has 92 valence electrons. The van der Waals surface area contributed by atoms with Gasteiger partial charge in [-0.2, -0.15) is 14.0 Å².